The minimum atomic E-state index is -0.701. The van der Waals surface area contributed by atoms with Crippen molar-refractivity contribution >= 4 is 11.9 Å². The van der Waals surface area contributed by atoms with Crippen molar-refractivity contribution in [1.29, 1.82) is 0 Å². The molecule has 21 heavy (non-hydrogen) atoms. The molecule has 0 unspecified atom stereocenters. The molecule has 1 amide bonds. The quantitative estimate of drug-likeness (QED) is 0.430. The third kappa shape index (κ3) is 6.89. The Labute approximate surface area is 124 Å². The number of aromatic nitrogens is 2. The highest BCUT2D eigenvalue weighted by Crippen LogP contribution is 2.03. The molecule has 0 spiro atoms. The number of ether oxygens (including phenoxy) is 1. The van der Waals surface area contributed by atoms with Crippen LogP contribution in [0.3, 0.4) is 0 Å². The fourth-order valence-electron chi connectivity index (χ4n) is 1.76. The summed E-state index contributed by atoms with van der Waals surface area (Å²) in [5, 5.41) is 2.70. The average molecular weight is 296 g/mol. The van der Waals surface area contributed by atoms with Gasteiger partial charge in [0.05, 0.1) is 12.9 Å². The number of nitrogens with one attached hydrogen (secondary N) is 2. The molecule has 0 saturated carbocycles. The van der Waals surface area contributed by atoms with Crippen molar-refractivity contribution in [1.82, 2.24) is 15.3 Å². The van der Waals surface area contributed by atoms with E-state index in [9.17, 15) is 9.59 Å². The number of carbonyl (C=O) groups excluding carboxylic acids is 2. The van der Waals surface area contributed by atoms with Gasteiger partial charge in [0.15, 0.2) is 0 Å². The molecule has 0 bridgehead atoms. The molecule has 0 saturated heterocycles. The Balaban J connectivity index is 2.56. The zero-order chi connectivity index (χ0) is 15.5. The van der Waals surface area contributed by atoms with Crippen molar-refractivity contribution < 1.29 is 14.3 Å². The van der Waals surface area contributed by atoms with Crippen molar-refractivity contribution in [2.45, 2.75) is 45.1 Å². The Hall–Kier alpha value is -1.89. The molecule has 1 atom stereocenters. The van der Waals surface area contributed by atoms with E-state index in [1.165, 1.54) is 6.33 Å². The van der Waals surface area contributed by atoms with E-state index in [1.54, 1.807) is 6.20 Å². The summed E-state index contributed by atoms with van der Waals surface area (Å²) in [7, 11) is 0. The van der Waals surface area contributed by atoms with E-state index >= 15 is 0 Å². The summed E-state index contributed by atoms with van der Waals surface area (Å²) in [6.07, 6.45) is 6.14. The SMILES string of the molecule is CCCCOC(=O)[C@H](Cc1cnc[nH]1)NC(=O)CCCN. The summed E-state index contributed by atoms with van der Waals surface area (Å²) in [4.78, 5) is 30.7. The van der Waals surface area contributed by atoms with Crippen molar-refractivity contribution in [3.63, 3.8) is 0 Å². The highest BCUT2D eigenvalue weighted by Gasteiger charge is 2.23. The molecule has 7 heteroatoms. The molecule has 1 aromatic heterocycles. The fourth-order valence-corrected chi connectivity index (χ4v) is 1.76. The van der Waals surface area contributed by atoms with Crippen LogP contribution in [0.4, 0.5) is 0 Å². The number of unbranched alkanes of at least 4 members (excludes halogenated alkanes) is 1. The van der Waals surface area contributed by atoms with E-state index in [0.29, 0.717) is 32.4 Å². The zero-order valence-electron chi connectivity index (χ0n) is 12.4. The normalized spacial score (nSPS) is 11.9. The number of aromatic amines is 1. The Morgan fingerprint density at radius 1 is 1.48 bits per heavy atom. The predicted octanol–water partition coefficient (Wildman–Crippen LogP) is 0.519. The van der Waals surface area contributed by atoms with Crippen molar-refractivity contribution in [2.75, 3.05) is 13.2 Å². The Kier molecular flexibility index (Phi) is 8.11. The second-order valence-electron chi connectivity index (χ2n) is 4.81. The van der Waals surface area contributed by atoms with Crippen molar-refractivity contribution in [2.24, 2.45) is 5.73 Å². The highest BCUT2D eigenvalue weighted by atomic mass is 16.5. The minimum Gasteiger partial charge on any atom is -0.464 e. The molecule has 1 aromatic rings. The van der Waals surface area contributed by atoms with Gasteiger partial charge in [-0.2, -0.15) is 0 Å². The molecule has 1 rings (SSSR count). The second kappa shape index (κ2) is 9.93. The summed E-state index contributed by atoms with van der Waals surface area (Å²) in [5.74, 6) is -0.614. The molecule has 0 aliphatic carbocycles. The molecule has 7 nitrogen and oxygen atoms in total. The van der Waals surface area contributed by atoms with Crippen molar-refractivity contribution in [3.8, 4) is 0 Å². The first-order chi connectivity index (χ1) is 10.2. The van der Waals surface area contributed by atoms with Gasteiger partial charge in [-0.05, 0) is 19.4 Å². The topological polar surface area (TPSA) is 110 Å². The number of rotatable bonds is 10. The standard InChI is InChI=1S/C14H24N4O3/c1-2-3-7-21-14(20)12(8-11-9-16-10-17-11)18-13(19)5-4-6-15/h9-10,12H,2-8,15H2,1H3,(H,16,17)(H,18,19)/t12-/m0/s1. The summed E-state index contributed by atoms with van der Waals surface area (Å²) < 4.78 is 5.19. The number of nitrogens with zero attached hydrogens (tertiary/aromatic N) is 1. The van der Waals surface area contributed by atoms with Gasteiger partial charge in [0.2, 0.25) is 5.91 Å². The first-order valence-corrected chi connectivity index (χ1v) is 7.30. The van der Waals surface area contributed by atoms with Gasteiger partial charge in [-0.15, -0.1) is 0 Å². The largest absolute Gasteiger partial charge is 0.464 e. The highest BCUT2D eigenvalue weighted by molar-refractivity contribution is 5.84. The monoisotopic (exact) mass is 296 g/mol. The molecule has 0 aromatic carbocycles. The van der Waals surface area contributed by atoms with Gasteiger partial charge in [0, 0.05) is 24.7 Å². The van der Waals surface area contributed by atoms with Crippen LogP contribution in [-0.4, -0.2) is 41.0 Å². The van der Waals surface area contributed by atoms with Crippen LogP contribution in [0, 0.1) is 0 Å². The fraction of sp³-hybridized carbons (Fsp3) is 0.643. The molecule has 0 fully saturated rings. The second-order valence-corrected chi connectivity index (χ2v) is 4.81. The summed E-state index contributed by atoms with van der Waals surface area (Å²) in [6, 6.07) is -0.701. The first-order valence-electron chi connectivity index (χ1n) is 7.30. The van der Waals surface area contributed by atoms with Crippen LogP contribution in [0.15, 0.2) is 12.5 Å². The van der Waals surface area contributed by atoms with E-state index in [-0.39, 0.29) is 5.91 Å². The molecule has 118 valence electrons. The molecule has 0 aliphatic heterocycles. The summed E-state index contributed by atoms with van der Waals surface area (Å²) in [6.45, 7) is 2.83. The molecule has 0 aliphatic rings. The summed E-state index contributed by atoms with van der Waals surface area (Å²) >= 11 is 0. The van der Waals surface area contributed by atoms with Gasteiger partial charge in [-0.25, -0.2) is 9.78 Å². The van der Waals surface area contributed by atoms with Crippen molar-refractivity contribution in [3.05, 3.63) is 18.2 Å². The lowest BCUT2D eigenvalue weighted by Gasteiger charge is -2.17. The first kappa shape index (κ1) is 17.2. The van der Waals surface area contributed by atoms with Crippen LogP contribution in [0.5, 0.6) is 0 Å². The molecular formula is C14H24N4O3. The number of carbonyl (C=O) groups is 2. The Morgan fingerprint density at radius 2 is 2.29 bits per heavy atom. The maximum absolute atomic E-state index is 12.1. The predicted molar refractivity (Wildman–Crippen MR) is 78.4 cm³/mol. The van der Waals surface area contributed by atoms with Crippen LogP contribution in [0.25, 0.3) is 0 Å². The van der Waals surface area contributed by atoms with E-state index in [1.807, 2.05) is 6.92 Å². The van der Waals surface area contributed by atoms with Crippen LogP contribution in [0.2, 0.25) is 0 Å². The van der Waals surface area contributed by atoms with Gasteiger partial charge in [-0.1, -0.05) is 13.3 Å². The number of esters is 1. The van der Waals surface area contributed by atoms with Crippen LogP contribution in [-0.2, 0) is 20.7 Å². The summed E-state index contributed by atoms with van der Waals surface area (Å²) in [5.41, 5.74) is 6.14. The number of nitrogens with two attached hydrogens (primary N) is 1. The maximum atomic E-state index is 12.1. The number of hydrogen-bond donors (Lipinski definition) is 3. The van der Waals surface area contributed by atoms with E-state index < -0.39 is 12.0 Å². The Morgan fingerprint density at radius 3 is 2.90 bits per heavy atom. The smallest absolute Gasteiger partial charge is 0.329 e. The van der Waals surface area contributed by atoms with Crippen LogP contribution < -0.4 is 11.1 Å². The molecule has 4 N–H and O–H groups in total. The lowest BCUT2D eigenvalue weighted by Crippen LogP contribution is -2.43. The molecule has 1 heterocycles. The van der Waals surface area contributed by atoms with E-state index in [0.717, 1.165) is 18.5 Å². The van der Waals surface area contributed by atoms with Crippen LogP contribution >= 0.6 is 0 Å². The minimum absolute atomic E-state index is 0.197. The number of hydrogen-bond acceptors (Lipinski definition) is 5. The third-order valence-corrected chi connectivity index (χ3v) is 2.95. The van der Waals surface area contributed by atoms with Gasteiger partial charge in [-0.3, -0.25) is 4.79 Å². The third-order valence-electron chi connectivity index (χ3n) is 2.95. The molecular weight excluding hydrogens is 272 g/mol. The molecule has 0 radical (unpaired) electrons. The van der Waals surface area contributed by atoms with Gasteiger partial charge < -0.3 is 20.8 Å². The average Bonchev–Trinajstić information content (AvgIpc) is 2.97. The Bertz CT molecular complexity index is 420. The lowest BCUT2D eigenvalue weighted by atomic mass is 10.1. The number of H-pyrrole nitrogens is 1. The van der Waals surface area contributed by atoms with Gasteiger partial charge in [0.1, 0.15) is 6.04 Å². The number of amides is 1. The maximum Gasteiger partial charge on any atom is 0.329 e. The lowest BCUT2D eigenvalue weighted by molar-refractivity contribution is -0.148. The zero-order valence-corrected chi connectivity index (χ0v) is 12.4. The van der Waals surface area contributed by atoms with E-state index in [2.05, 4.69) is 15.3 Å². The van der Waals surface area contributed by atoms with E-state index in [4.69, 9.17) is 10.5 Å². The number of imidazole rings is 1. The van der Waals surface area contributed by atoms with Gasteiger partial charge in [0.25, 0.3) is 0 Å². The van der Waals surface area contributed by atoms with Gasteiger partial charge >= 0.3 is 5.97 Å². The van der Waals surface area contributed by atoms with Crippen LogP contribution in [0.1, 0.15) is 38.3 Å².